The van der Waals surface area contributed by atoms with Gasteiger partial charge in [-0.2, -0.15) is 0 Å². The van der Waals surface area contributed by atoms with Crippen molar-refractivity contribution in [1.29, 1.82) is 0 Å². The van der Waals surface area contributed by atoms with E-state index in [1.807, 2.05) is 17.0 Å². The zero-order valence-electron chi connectivity index (χ0n) is 14.9. The number of carbonyl (C=O) groups is 1. The molecule has 4 rings (SSSR count). The van der Waals surface area contributed by atoms with E-state index in [-0.39, 0.29) is 30.7 Å². The highest BCUT2D eigenvalue weighted by Gasteiger charge is 2.23. The Kier molecular flexibility index (Phi) is 6.79. The second kappa shape index (κ2) is 8.65. The number of amides is 1. The number of nitrogens with one attached hydrogen (secondary N) is 1. The summed E-state index contributed by atoms with van der Waals surface area (Å²) in [6.45, 7) is 6.43. The Hall–Kier alpha value is -1.91. The van der Waals surface area contributed by atoms with Gasteiger partial charge in [0.2, 0.25) is 0 Å². The summed E-state index contributed by atoms with van der Waals surface area (Å²) in [5.74, 6) is 0.161. The number of benzene rings is 2. The van der Waals surface area contributed by atoms with Crippen LogP contribution in [0.25, 0.3) is 0 Å². The molecule has 1 saturated heterocycles. The Morgan fingerprint density at radius 3 is 2.50 bits per heavy atom. The van der Waals surface area contributed by atoms with E-state index in [0.717, 1.165) is 44.7 Å². The van der Waals surface area contributed by atoms with Crippen molar-refractivity contribution in [3.8, 4) is 0 Å². The highest BCUT2D eigenvalue weighted by atomic mass is 35.5. The molecule has 140 valence electrons. The van der Waals surface area contributed by atoms with Gasteiger partial charge < -0.3 is 15.1 Å². The van der Waals surface area contributed by atoms with Crippen LogP contribution in [0.1, 0.15) is 21.5 Å². The van der Waals surface area contributed by atoms with E-state index in [9.17, 15) is 4.79 Å². The quantitative estimate of drug-likeness (QED) is 0.843. The summed E-state index contributed by atoms with van der Waals surface area (Å²) in [6.07, 6.45) is 1.01. The zero-order valence-corrected chi connectivity index (χ0v) is 16.5. The van der Waals surface area contributed by atoms with Crippen LogP contribution in [0.15, 0.2) is 42.5 Å². The van der Waals surface area contributed by atoms with Gasteiger partial charge >= 0.3 is 0 Å². The fourth-order valence-corrected chi connectivity index (χ4v) is 3.61. The lowest BCUT2D eigenvalue weighted by Gasteiger charge is -2.36. The van der Waals surface area contributed by atoms with E-state index in [2.05, 4.69) is 47.5 Å². The Morgan fingerprint density at radius 2 is 1.77 bits per heavy atom. The third kappa shape index (κ3) is 4.08. The number of carbonyl (C=O) groups excluding carboxylic acids is 1. The molecule has 0 aliphatic carbocycles. The Labute approximate surface area is 167 Å². The second-order valence-electron chi connectivity index (χ2n) is 6.67. The normalized spacial score (nSPS) is 15.4. The third-order valence-electron chi connectivity index (χ3n) is 5.00. The number of rotatable bonds is 2. The van der Waals surface area contributed by atoms with Gasteiger partial charge in [-0.05, 0) is 54.8 Å². The van der Waals surface area contributed by atoms with Crippen molar-refractivity contribution in [2.45, 2.75) is 13.3 Å². The van der Waals surface area contributed by atoms with Gasteiger partial charge in [0, 0.05) is 49.7 Å². The predicted molar refractivity (Wildman–Crippen MR) is 112 cm³/mol. The molecule has 0 bridgehead atoms. The molecule has 1 amide bonds. The molecule has 2 aromatic carbocycles. The number of fused-ring (bicyclic) bond motifs is 1. The fourth-order valence-electron chi connectivity index (χ4n) is 3.61. The number of nitrogens with zero attached hydrogens (tertiary/aromatic N) is 2. The van der Waals surface area contributed by atoms with Crippen molar-refractivity contribution in [2.75, 3.05) is 42.9 Å². The van der Waals surface area contributed by atoms with Gasteiger partial charge in [0.15, 0.2) is 0 Å². The van der Waals surface area contributed by atoms with E-state index in [1.54, 1.807) is 0 Å². The minimum Gasteiger partial charge on any atom is -0.384 e. The van der Waals surface area contributed by atoms with Crippen LogP contribution in [-0.2, 0) is 6.42 Å². The van der Waals surface area contributed by atoms with Gasteiger partial charge in [-0.3, -0.25) is 4.79 Å². The number of piperazine rings is 1. The predicted octanol–water partition coefficient (Wildman–Crippen LogP) is 3.77. The largest absolute Gasteiger partial charge is 0.384 e. The van der Waals surface area contributed by atoms with E-state index >= 15 is 0 Å². The molecule has 4 nitrogen and oxygen atoms in total. The maximum absolute atomic E-state index is 12.8. The SMILES string of the molecule is Cc1cccc(N2CCN(C(=O)c3ccc4c(c3)CCN4)CC2)c1.Cl.Cl. The molecule has 2 aliphatic rings. The molecule has 2 aromatic rings. The summed E-state index contributed by atoms with van der Waals surface area (Å²) in [5.41, 5.74) is 5.79. The molecular weight excluding hydrogens is 369 g/mol. The smallest absolute Gasteiger partial charge is 0.253 e. The summed E-state index contributed by atoms with van der Waals surface area (Å²) in [7, 11) is 0. The first-order valence-corrected chi connectivity index (χ1v) is 8.68. The topological polar surface area (TPSA) is 35.6 Å². The minimum atomic E-state index is 0. The number of hydrogen-bond acceptors (Lipinski definition) is 3. The van der Waals surface area contributed by atoms with Crippen LogP contribution in [0.2, 0.25) is 0 Å². The van der Waals surface area contributed by atoms with Crippen LogP contribution in [0.4, 0.5) is 11.4 Å². The lowest BCUT2D eigenvalue weighted by atomic mass is 10.1. The first-order chi connectivity index (χ1) is 11.7. The van der Waals surface area contributed by atoms with Crippen LogP contribution < -0.4 is 10.2 Å². The van der Waals surface area contributed by atoms with Gasteiger partial charge in [-0.25, -0.2) is 0 Å². The Bertz CT molecular complexity index is 773. The molecule has 0 aromatic heterocycles. The fraction of sp³-hybridized carbons (Fsp3) is 0.350. The summed E-state index contributed by atoms with van der Waals surface area (Å²) >= 11 is 0. The summed E-state index contributed by atoms with van der Waals surface area (Å²) < 4.78 is 0. The molecule has 0 spiro atoms. The average molecular weight is 394 g/mol. The maximum Gasteiger partial charge on any atom is 0.253 e. The Balaban J connectivity index is 0.00000121. The first-order valence-electron chi connectivity index (χ1n) is 8.68. The highest BCUT2D eigenvalue weighted by Crippen LogP contribution is 2.24. The van der Waals surface area contributed by atoms with Crippen LogP contribution in [0.5, 0.6) is 0 Å². The maximum atomic E-state index is 12.8. The molecule has 6 heteroatoms. The van der Waals surface area contributed by atoms with Crippen LogP contribution >= 0.6 is 24.8 Å². The van der Waals surface area contributed by atoms with E-state index < -0.39 is 0 Å². The molecule has 0 unspecified atom stereocenters. The summed E-state index contributed by atoms with van der Waals surface area (Å²) in [4.78, 5) is 17.1. The van der Waals surface area contributed by atoms with Crippen molar-refractivity contribution in [1.82, 2.24) is 4.90 Å². The standard InChI is InChI=1S/C20H23N3O.2ClH/c1-15-3-2-4-18(13-15)22-9-11-23(12-10-22)20(24)17-5-6-19-16(14-17)7-8-21-19;;/h2-6,13-14,21H,7-12H2,1H3;2*1H. The van der Waals surface area contributed by atoms with Crippen molar-refractivity contribution >= 4 is 42.1 Å². The van der Waals surface area contributed by atoms with Crippen LogP contribution in [0, 0.1) is 6.92 Å². The zero-order chi connectivity index (χ0) is 16.5. The van der Waals surface area contributed by atoms with Crippen molar-refractivity contribution < 1.29 is 4.79 Å². The molecule has 0 radical (unpaired) electrons. The van der Waals surface area contributed by atoms with E-state index in [4.69, 9.17) is 0 Å². The van der Waals surface area contributed by atoms with Crippen molar-refractivity contribution in [3.63, 3.8) is 0 Å². The van der Waals surface area contributed by atoms with E-state index in [1.165, 1.54) is 22.5 Å². The molecule has 0 atom stereocenters. The summed E-state index contributed by atoms with van der Waals surface area (Å²) in [6, 6.07) is 14.6. The van der Waals surface area contributed by atoms with Gasteiger partial charge in [0.1, 0.15) is 0 Å². The second-order valence-corrected chi connectivity index (χ2v) is 6.67. The molecule has 0 saturated carbocycles. The van der Waals surface area contributed by atoms with Gasteiger partial charge in [0.05, 0.1) is 0 Å². The van der Waals surface area contributed by atoms with Crippen LogP contribution in [0.3, 0.4) is 0 Å². The average Bonchev–Trinajstić information content (AvgIpc) is 3.09. The van der Waals surface area contributed by atoms with Gasteiger partial charge in [0.25, 0.3) is 5.91 Å². The summed E-state index contributed by atoms with van der Waals surface area (Å²) in [5, 5.41) is 3.34. The molecule has 2 aliphatic heterocycles. The van der Waals surface area contributed by atoms with Gasteiger partial charge in [-0.15, -0.1) is 24.8 Å². The van der Waals surface area contributed by atoms with Crippen molar-refractivity contribution in [3.05, 3.63) is 59.2 Å². The lowest BCUT2D eigenvalue weighted by molar-refractivity contribution is 0.0746. The monoisotopic (exact) mass is 393 g/mol. The highest BCUT2D eigenvalue weighted by molar-refractivity contribution is 5.95. The molecule has 1 N–H and O–H groups in total. The first kappa shape index (κ1) is 20.4. The molecule has 1 fully saturated rings. The molecule has 26 heavy (non-hydrogen) atoms. The number of halogens is 2. The Morgan fingerprint density at radius 1 is 1.00 bits per heavy atom. The molecular formula is C20H25Cl2N3O. The number of anilines is 2. The third-order valence-corrected chi connectivity index (χ3v) is 5.00. The number of aryl methyl sites for hydroxylation is 1. The van der Waals surface area contributed by atoms with E-state index in [0.29, 0.717) is 0 Å². The number of hydrogen-bond donors (Lipinski definition) is 1. The van der Waals surface area contributed by atoms with Crippen LogP contribution in [-0.4, -0.2) is 43.5 Å². The molecule has 2 heterocycles. The minimum absolute atomic E-state index is 0. The van der Waals surface area contributed by atoms with Crippen molar-refractivity contribution in [2.24, 2.45) is 0 Å². The van der Waals surface area contributed by atoms with Gasteiger partial charge in [-0.1, -0.05) is 12.1 Å². The lowest BCUT2D eigenvalue weighted by Crippen LogP contribution is -2.48.